The van der Waals surface area contributed by atoms with Crippen molar-refractivity contribution in [2.45, 2.75) is 19.9 Å². The van der Waals surface area contributed by atoms with Crippen LogP contribution >= 0.6 is 0 Å². The minimum Gasteiger partial charge on any atom is -0.385 e. The van der Waals surface area contributed by atoms with E-state index in [4.69, 9.17) is 4.74 Å². The van der Waals surface area contributed by atoms with E-state index in [-0.39, 0.29) is 5.82 Å². The third-order valence-corrected chi connectivity index (χ3v) is 3.08. The monoisotopic (exact) mass is 304 g/mol. The van der Waals surface area contributed by atoms with Gasteiger partial charge in [-0.25, -0.2) is 9.37 Å². The summed E-state index contributed by atoms with van der Waals surface area (Å²) in [7, 11) is 1.67. The zero-order valence-corrected chi connectivity index (χ0v) is 12.9. The lowest BCUT2D eigenvalue weighted by molar-refractivity contribution is 0.197. The highest BCUT2D eigenvalue weighted by Crippen LogP contribution is 2.13. The van der Waals surface area contributed by atoms with Crippen molar-refractivity contribution in [2.24, 2.45) is 0 Å². The largest absolute Gasteiger partial charge is 0.385 e. The van der Waals surface area contributed by atoms with Crippen molar-refractivity contribution in [3.05, 3.63) is 47.4 Å². The molecule has 0 aliphatic carbocycles. The van der Waals surface area contributed by atoms with Crippen LogP contribution in [-0.2, 0) is 11.3 Å². The summed E-state index contributed by atoms with van der Waals surface area (Å²) < 4.78 is 18.6. The molecule has 0 aliphatic rings. The van der Waals surface area contributed by atoms with E-state index in [2.05, 4.69) is 20.6 Å². The minimum atomic E-state index is -0.223. The highest BCUT2D eigenvalue weighted by Gasteiger charge is 2.04. The molecule has 2 rings (SSSR count). The number of hydrogen-bond acceptors (Lipinski definition) is 5. The molecule has 2 N–H and O–H groups in total. The maximum Gasteiger partial charge on any atom is 0.224 e. The predicted molar refractivity (Wildman–Crippen MR) is 85.5 cm³/mol. The molecule has 5 nitrogen and oxygen atoms in total. The van der Waals surface area contributed by atoms with Crippen LogP contribution in [0.25, 0.3) is 0 Å². The van der Waals surface area contributed by atoms with Gasteiger partial charge in [-0.05, 0) is 19.4 Å². The highest BCUT2D eigenvalue weighted by atomic mass is 19.1. The van der Waals surface area contributed by atoms with Crippen molar-refractivity contribution in [3.63, 3.8) is 0 Å². The second-order valence-electron chi connectivity index (χ2n) is 4.94. The van der Waals surface area contributed by atoms with Crippen molar-refractivity contribution < 1.29 is 9.13 Å². The molecule has 0 spiro atoms. The molecule has 0 atom stereocenters. The summed E-state index contributed by atoms with van der Waals surface area (Å²) in [6.07, 6.45) is 0.881. The van der Waals surface area contributed by atoms with Gasteiger partial charge in [-0.1, -0.05) is 18.2 Å². The van der Waals surface area contributed by atoms with Crippen LogP contribution in [0.3, 0.4) is 0 Å². The minimum absolute atomic E-state index is 0.223. The van der Waals surface area contributed by atoms with E-state index < -0.39 is 0 Å². The number of anilines is 2. The van der Waals surface area contributed by atoms with Crippen molar-refractivity contribution in [2.75, 3.05) is 30.9 Å². The highest BCUT2D eigenvalue weighted by molar-refractivity contribution is 5.42. The average Bonchev–Trinajstić information content (AvgIpc) is 2.50. The smallest absolute Gasteiger partial charge is 0.224 e. The van der Waals surface area contributed by atoms with Gasteiger partial charge in [0.1, 0.15) is 11.6 Å². The fourth-order valence-corrected chi connectivity index (χ4v) is 1.98. The first-order valence-corrected chi connectivity index (χ1v) is 7.25. The van der Waals surface area contributed by atoms with Gasteiger partial charge in [0.2, 0.25) is 5.95 Å². The molecule has 2 aromatic rings. The van der Waals surface area contributed by atoms with Gasteiger partial charge in [0.05, 0.1) is 0 Å². The summed E-state index contributed by atoms with van der Waals surface area (Å²) >= 11 is 0. The zero-order valence-electron chi connectivity index (χ0n) is 12.9. The van der Waals surface area contributed by atoms with Crippen LogP contribution in [0.1, 0.15) is 17.7 Å². The van der Waals surface area contributed by atoms with Gasteiger partial charge in [0, 0.05) is 44.1 Å². The number of halogens is 1. The van der Waals surface area contributed by atoms with E-state index in [1.165, 1.54) is 6.07 Å². The van der Waals surface area contributed by atoms with Crippen LogP contribution in [0.5, 0.6) is 0 Å². The van der Waals surface area contributed by atoms with Gasteiger partial charge in [0.25, 0.3) is 0 Å². The Labute approximate surface area is 129 Å². The summed E-state index contributed by atoms with van der Waals surface area (Å²) in [6, 6.07) is 8.52. The molecule has 0 fully saturated rings. The summed E-state index contributed by atoms with van der Waals surface area (Å²) in [6.45, 7) is 3.71. The van der Waals surface area contributed by atoms with E-state index in [0.717, 1.165) is 18.7 Å². The molecule has 0 unspecified atom stereocenters. The Balaban J connectivity index is 1.96. The van der Waals surface area contributed by atoms with E-state index in [9.17, 15) is 4.39 Å². The Morgan fingerprint density at radius 1 is 1.18 bits per heavy atom. The molecule has 0 saturated heterocycles. The van der Waals surface area contributed by atoms with Gasteiger partial charge in [-0.2, -0.15) is 4.98 Å². The molecule has 1 aromatic carbocycles. The maximum atomic E-state index is 13.6. The van der Waals surface area contributed by atoms with Crippen LogP contribution in [-0.4, -0.2) is 30.2 Å². The summed E-state index contributed by atoms with van der Waals surface area (Å²) in [4.78, 5) is 8.71. The Morgan fingerprint density at radius 2 is 2.00 bits per heavy atom. The third kappa shape index (κ3) is 4.96. The third-order valence-electron chi connectivity index (χ3n) is 3.08. The van der Waals surface area contributed by atoms with Crippen molar-refractivity contribution in [1.82, 2.24) is 9.97 Å². The van der Waals surface area contributed by atoms with Gasteiger partial charge in [-0.15, -0.1) is 0 Å². The van der Waals surface area contributed by atoms with Crippen molar-refractivity contribution in [3.8, 4) is 0 Å². The standard InChI is InChI=1S/C16H21FN4O/c1-12-10-15(19-11-13-6-3-4-7-14(13)17)21-16(20-12)18-8-5-9-22-2/h3-4,6-7,10H,5,8-9,11H2,1-2H3,(H2,18,19,20,21). The molecule has 1 aromatic heterocycles. The Bertz CT molecular complexity index is 606. The molecule has 118 valence electrons. The van der Waals surface area contributed by atoms with E-state index in [1.54, 1.807) is 19.2 Å². The first kappa shape index (κ1) is 16.2. The van der Waals surface area contributed by atoms with E-state index >= 15 is 0 Å². The summed E-state index contributed by atoms with van der Waals surface area (Å²) in [5.41, 5.74) is 1.45. The number of ether oxygens (including phenoxy) is 1. The quantitative estimate of drug-likeness (QED) is 0.734. The number of nitrogens with one attached hydrogen (secondary N) is 2. The molecular weight excluding hydrogens is 283 g/mol. The fourth-order valence-electron chi connectivity index (χ4n) is 1.98. The normalized spacial score (nSPS) is 10.5. The Kier molecular flexibility index (Phi) is 6.09. The lowest BCUT2D eigenvalue weighted by Crippen LogP contribution is -2.10. The first-order chi connectivity index (χ1) is 10.7. The number of aromatic nitrogens is 2. The molecule has 0 amide bonds. The Morgan fingerprint density at radius 3 is 2.77 bits per heavy atom. The number of rotatable bonds is 8. The SMILES string of the molecule is COCCCNc1nc(C)cc(NCc2ccccc2F)n1. The van der Waals surface area contributed by atoms with Crippen LogP contribution < -0.4 is 10.6 Å². The number of benzene rings is 1. The van der Waals surface area contributed by atoms with E-state index in [0.29, 0.717) is 30.5 Å². The summed E-state index contributed by atoms with van der Waals surface area (Å²) in [5.74, 6) is 1.01. The molecule has 6 heteroatoms. The number of hydrogen-bond donors (Lipinski definition) is 2. The molecule has 0 bridgehead atoms. The van der Waals surface area contributed by atoms with Gasteiger partial charge in [0.15, 0.2) is 0 Å². The molecular formula is C16H21FN4O. The van der Waals surface area contributed by atoms with Gasteiger partial charge in [-0.3, -0.25) is 0 Å². The lowest BCUT2D eigenvalue weighted by atomic mass is 10.2. The van der Waals surface area contributed by atoms with Crippen molar-refractivity contribution >= 4 is 11.8 Å². The second kappa shape index (κ2) is 8.29. The fraction of sp³-hybridized carbons (Fsp3) is 0.375. The molecule has 22 heavy (non-hydrogen) atoms. The molecule has 0 aliphatic heterocycles. The van der Waals surface area contributed by atoms with Crippen molar-refractivity contribution in [1.29, 1.82) is 0 Å². The first-order valence-electron chi connectivity index (χ1n) is 7.25. The van der Waals surface area contributed by atoms with Crippen LogP contribution in [0.2, 0.25) is 0 Å². The number of aryl methyl sites for hydroxylation is 1. The topological polar surface area (TPSA) is 59.1 Å². The van der Waals surface area contributed by atoms with E-state index in [1.807, 2.05) is 19.1 Å². The number of methoxy groups -OCH3 is 1. The molecule has 1 heterocycles. The van der Waals surface area contributed by atoms with Gasteiger partial charge >= 0.3 is 0 Å². The van der Waals surface area contributed by atoms with Crippen LogP contribution in [0.15, 0.2) is 30.3 Å². The summed E-state index contributed by atoms with van der Waals surface area (Å²) in [5, 5.41) is 6.28. The van der Waals surface area contributed by atoms with Gasteiger partial charge < -0.3 is 15.4 Å². The Hall–Kier alpha value is -2.21. The predicted octanol–water partition coefficient (Wildman–Crippen LogP) is 2.98. The molecule has 0 radical (unpaired) electrons. The lowest BCUT2D eigenvalue weighted by Gasteiger charge is -2.10. The number of nitrogens with zero attached hydrogens (tertiary/aromatic N) is 2. The zero-order chi connectivity index (χ0) is 15.8. The maximum absolute atomic E-state index is 13.6. The van der Waals surface area contributed by atoms with Crippen LogP contribution in [0.4, 0.5) is 16.2 Å². The van der Waals surface area contributed by atoms with Crippen LogP contribution in [0, 0.1) is 12.7 Å². The molecule has 0 saturated carbocycles. The average molecular weight is 304 g/mol. The second-order valence-corrected chi connectivity index (χ2v) is 4.94.